The van der Waals surface area contributed by atoms with Gasteiger partial charge in [0, 0.05) is 18.3 Å². The molecule has 0 aliphatic heterocycles. The van der Waals surface area contributed by atoms with Crippen molar-refractivity contribution in [1.29, 1.82) is 0 Å². The van der Waals surface area contributed by atoms with Crippen LogP contribution in [0.4, 0.5) is 0 Å². The third-order valence-electron chi connectivity index (χ3n) is 3.93. The van der Waals surface area contributed by atoms with Crippen LogP contribution in [0.3, 0.4) is 0 Å². The van der Waals surface area contributed by atoms with E-state index in [0.29, 0.717) is 5.92 Å². The van der Waals surface area contributed by atoms with E-state index in [1.54, 1.807) is 0 Å². The van der Waals surface area contributed by atoms with Gasteiger partial charge >= 0.3 is 0 Å². The Morgan fingerprint density at radius 2 is 1.70 bits per heavy atom. The normalized spacial score (nSPS) is 11.4. The van der Waals surface area contributed by atoms with Crippen molar-refractivity contribution in [2.75, 3.05) is 0 Å². The first-order valence-electron chi connectivity index (χ1n) is 7.28. The number of aromatic nitrogens is 1. The van der Waals surface area contributed by atoms with Crippen molar-refractivity contribution < 1.29 is 0 Å². The van der Waals surface area contributed by atoms with Crippen LogP contribution in [-0.4, -0.2) is 4.57 Å². The predicted octanol–water partition coefficient (Wildman–Crippen LogP) is 5.12. The second kappa shape index (κ2) is 5.16. The van der Waals surface area contributed by atoms with E-state index in [1.165, 1.54) is 27.6 Å². The maximum absolute atomic E-state index is 2.33. The Morgan fingerprint density at radius 1 is 0.950 bits per heavy atom. The maximum Gasteiger partial charge on any atom is 0.0486 e. The first kappa shape index (κ1) is 13.0. The molecule has 0 spiro atoms. The highest BCUT2D eigenvalue weighted by Crippen LogP contribution is 2.20. The third kappa shape index (κ3) is 2.49. The van der Waals surface area contributed by atoms with Gasteiger partial charge in [0.15, 0.2) is 0 Å². The molecule has 0 N–H and O–H groups in total. The van der Waals surface area contributed by atoms with Gasteiger partial charge in [-0.15, -0.1) is 0 Å². The summed E-state index contributed by atoms with van der Waals surface area (Å²) in [6.45, 7) is 7.55. The molecule has 0 fully saturated rings. The topological polar surface area (TPSA) is 4.93 Å². The average Bonchev–Trinajstić information content (AvgIpc) is 2.82. The van der Waals surface area contributed by atoms with E-state index in [9.17, 15) is 0 Å². The summed E-state index contributed by atoms with van der Waals surface area (Å²) in [4.78, 5) is 0. The highest BCUT2D eigenvalue weighted by Gasteiger charge is 2.03. The average molecular weight is 263 g/mol. The second-order valence-electron chi connectivity index (χ2n) is 5.90. The molecule has 0 amide bonds. The van der Waals surface area contributed by atoms with E-state index in [0.717, 1.165) is 6.54 Å². The Morgan fingerprint density at radius 3 is 2.40 bits per heavy atom. The molecule has 0 bridgehead atoms. The minimum absolute atomic E-state index is 0.596. The first-order chi connectivity index (χ1) is 9.63. The number of benzene rings is 2. The summed E-state index contributed by atoms with van der Waals surface area (Å²) in [5.74, 6) is 0.596. The lowest BCUT2D eigenvalue weighted by atomic mass is 10.0. The Kier molecular flexibility index (Phi) is 3.35. The number of fused-ring (bicyclic) bond motifs is 1. The quantitative estimate of drug-likeness (QED) is 0.618. The minimum Gasteiger partial charge on any atom is -0.343 e. The van der Waals surface area contributed by atoms with Crippen molar-refractivity contribution in [3.63, 3.8) is 0 Å². The van der Waals surface area contributed by atoms with Crippen molar-refractivity contribution in [2.45, 2.75) is 33.2 Å². The Bertz CT molecular complexity index is 717. The monoisotopic (exact) mass is 263 g/mol. The summed E-state index contributed by atoms with van der Waals surface area (Å²) in [5.41, 5.74) is 5.39. The molecule has 0 atom stereocenters. The molecule has 0 saturated heterocycles. The van der Waals surface area contributed by atoms with Gasteiger partial charge in [-0.2, -0.15) is 0 Å². The first-order valence-corrected chi connectivity index (χ1v) is 7.28. The molecule has 3 aromatic rings. The van der Waals surface area contributed by atoms with Crippen LogP contribution < -0.4 is 0 Å². The van der Waals surface area contributed by atoms with Crippen LogP contribution in [0.5, 0.6) is 0 Å². The number of nitrogens with zero attached hydrogens (tertiary/aromatic N) is 1. The zero-order valence-corrected chi connectivity index (χ0v) is 12.4. The second-order valence-corrected chi connectivity index (χ2v) is 5.90. The van der Waals surface area contributed by atoms with E-state index >= 15 is 0 Å². The van der Waals surface area contributed by atoms with Crippen LogP contribution >= 0.6 is 0 Å². The van der Waals surface area contributed by atoms with Crippen LogP contribution in [0.15, 0.2) is 54.7 Å². The largest absolute Gasteiger partial charge is 0.343 e. The number of aryl methyl sites for hydroxylation is 1. The maximum atomic E-state index is 2.33. The highest BCUT2D eigenvalue weighted by atomic mass is 14.9. The molecule has 0 aliphatic carbocycles. The van der Waals surface area contributed by atoms with Crippen LogP contribution in [0, 0.1) is 6.92 Å². The number of hydrogen-bond acceptors (Lipinski definition) is 0. The predicted molar refractivity (Wildman–Crippen MR) is 86.3 cm³/mol. The molecule has 0 unspecified atom stereocenters. The smallest absolute Gasteiger partial charge is 0.0486 e. The van der Waals surface area contributed by atoms with Gasteiger partial charge in [-0.05, 0) is 47.1 Å². The summed E-state index contributed by atoms with van der Waals surface area (Å²) in [6.07, 6.45) is 2.18. The summed E-state index contributed by atoms with van der Waals surface area (Å²) in [6, 6.07) is 17.8. The van der Waals surface area contributed by atoms with Gasteiger partial charge in [0.1, 0.15) is 0 Å². The van der Waals surface area contributed by atoms with Crippen molar-refractivity contribution in [1.82, 2.24) is 4.57 Å². The summed E-state index contributed by atoms with van der Waals surface area (Å²) < 4.78 is 2.33. The summed E-state index contributed by atoms with van der Waals surface area (Å²) in [7, 11) is 0. The van der Waals surface area contributed by atoms with Gasteiger partial charge in [0.05, 0.1) is 0 Å². The fourth-order valence-corrected chi connectivity index (χ4v) is 2.64. The van der Waals surface area contributed by atoms with Gasteiger partial charge in [-0.1, -0.05) is 50.2 Å². The number of hydrogen-bond donors (Lipinski definition) is 0. The lowest BCUT2D eigenvalue weighted by Crippen LogP contribution is -1.98. The fourth-order valence-electron chi connectivity index (χ4n) is 2.64. The zero-order chi connectivity index (χ0) is 14.1. The van der Waals surface area contributed by atoms with E-state index < -0.39 is 0 Å². The van der Waals surface area contributed by atoms with Gasteiger partial charge in [0.2, 0.25) is 0 Å². The number of rotatable bonds is 3. The molecule has 1 heteroatoms. The standard InChI is InChI=1S/C19H21N/c1-14(2)17-8-5-16(6-9-17)13-20-11-10-18-7-4-15(3)12-19(18)20/h4-12,14H,13H2,1-3H3. The summed E-state index contributed by atoms with van der Waals surface area (Å²) >= 11 is 0. The van der Waals surface area contributed by atoms with Gasteiger partial charge in [-0.3, -0.25) is 0 Å². The van der Waals surface area contributed by atoms with Crippen LogP contribution in [0.2, 0.25) is 0 Å². The Labute approximate surface area is 120 Å². The molecule has 0 aliphatic rings. The molecule has 3 rings (SSSR count). The lowest BCUT2D eigenvalue weighted by Gasteiger charge is -2.09. The van der Waals surface area contributed by atoms with E-state index in [2.05, 4.69) is 80.1 Å². The van der Waals surface area contributed by atoms with E-state index in [4.69, 9.17) is 0 Å². The van der Waals surface area contributed by atoms with Gasteiger partial charge < -0.3 is 4.57 Å². The highest BCUT2D eigenvalue weighted by molar-refractivity contribution is 5.80. The molecular formula is C19H21N. The van der Waals surface area contributed by atoms with Gasteiger partial charge in [0.25, 0.3) is 0 Å². The molecule has 2 aromatic carbocycles. The fraction of sp³-hybridized carbons (Fsp3) is 0.263. The molecule has 1 nitrogen and oxygen atoms in total. The molecule has 1 heterocycles. The van der Waals surface area contributed by atoms with E-state index in [1.807, 2.05) is 0 Å². The molecule has 102 valence electrons. The van der Waals surface area contributed by atoms with Crippen LogP contribution in [0.1, 0.15) is 36.5 Å². The molecule has 20 heavy (non-hydrogen) atoms. The van der Waals surface area contributed by atoms with Crippen molar-refractivity contribution >= 4 is 10.9 Å². The van der Waals surface area contributed by atoms with Crippen LogP contribution in [0.25, 0.3) is 10.9 Å². The molecule has 0 radical (unpaired) electrons. The lowest BCUT2D eigenvalue weighted by molar-refractivity contribution is 0.828. The van der Waals surface area contributed by atoms with Crippen LogP contribution in [-0.2, 0) is 6.54 Å². The molecule has 0 saturated carbocycles. The SMILES string of the molecule is Cc1ccc2ccn(Cc3ccc(C(C)C)cc3)c2c1. The molecular weight excluding hydrogens is 242 g/mol. The van der Waals surface area contributed by atoms with Crippen molar-refractivity contribution in [2.24, 2.45) is 0 Å². The summed E-state index contributed by atoms with van der Waals surface area (Å²) in [5, 5.41) is 1.31. The molecule has 1 aromatic heterocycles. The third-order valence-corrected chi connectivity index (χ3v) is 3.93. The van der Waals surface area contributed by atoms with Crippen molar-refractivity contribution in [3.05, 3.63) is 71.4 Å². The Hall–Kier alpha value is -2.02. The minimum atomic E-state index is 0.596. The van der Waals surface area contributed by atoms with Crippen molar-refractivity contribution in [3.8, 4) is 0 Å². The van der Waals surface area contributed by atoms with E-state index in [-0.39, 0.29) is 0 Å². The van der Waals surface area contributed by atoms with Gasteiger partial charge in [-0.25, -0.2) is 0 Å². The Balaban J connectivity index is 1.91. The zero-order valence-electron chi connectivity index (χ0n) is 12.4.